The molecule has 33 heavy (non-hydrogen) atoms. The van der Waals surface area contributed by atoms with E-state index in [1.807, 2.05) is 68.4 Å². The Morgan fingerprint density at radius 2 is 1.58 bits per heavy atom. The standard InChI is InChI=1S/C28H26N2O3/c1-18-8-9-19(2)24(16-18)30-27(31)25(21-10-12-23(33-3)13-11-21)26(28(30)32)29-15-14-20-6-4-5-7-22(20)17-29/h4-13,16H,14-15,17H2,1-3H3. The number of rotatable bonds is 4. The fourth-order valence-electron chi connectivity index (χ4n) is 4.70. The van der Waals surface area contributed by atoms with E-state index < -0.39 is 0 Å². The second kappa shape index (κ2) is 8.24. The highest BCUT2D eigenvalue weighted by molar-refractivity contribution is 6.45. The molecule has 0 spiro atoms. The lowest BCUT2D eigenvalue weighted by atomic mass is 9.98. The maximum Gasteiger partial charge on any atom is 0.282 e. The van der Waals surface area contributed by atoms with Gasteiger partial charge in [0.15, 0.2) is 0 Å². The van der Waals surface area contributed by atoms with Crippen molar-refractivity contribution in [3.63, 3.8) is 0 Å². The van der Waals surface area contributed by atoms with E-state index in [-0.39, 0.29) is 11.8 Å². The predicted molar refractivity (Wildman–Crippen MR) is 129 cm³/mol. The lowest BCUT2D eigenvalue weighted by Crippen LogP contribution is -2.37. The summed E-state index contributed by atoms with van der Waals surface area (Å²) in [7, 11) is 1.61. The lowest BCUT2D eigenvalue weighted by Gasteiger charge is -2.31. The van der Waals surface area contributed by atoms with Crippen LogP contribution < -0.4 is 9.64 Å². The van der Waals surface area contributed by atoms with Crippen LogP contribution in [0.3, 0.4) is 0 Å². The van der Waals surface area contributed by atoms with Gasteiger partial charge in [0.2, 0.25) is 0 Å². The molecular weight excluding hydrogens is 412 g/mol. The van der Waals surface area contributed by atoms with E-state index in [0.717, 1.165) is 23.1 Å². The molecule has 0 saturated heterocycles. The van der Waals surface area contributed by atoms with Gasteiger partial charge in [0, 0.05) is 13.1 Å². The summed E-state index contributed by atoms with van der Waals surface area (Å²) in [6, 6.07) is 21.5. The Morgan fingerprint density at radius 3 is 2.30 bits per heavy atom. The lowest BCUT2D eigenvalue weighted by molar-refractivity contribution is -0.120. The zero-order chi connectivity index (χ0) is 23.1. The number of hydrogen-bond acceptors (Lipinski definition) is 4. The SMILES string of the molecule is COc1ccc(C2=C(N3CCc4ccccc4C3)C(=O)N(c3cc(C)ccc3C)C2=O)cc1. The highest BCUT2D eigenvalue weighted by Crippen LogP contribution is 2.38. The first kappa shape index (κ1) is 21.0. The molecule has 0 bridgehead atoms. The third-order valence-corrected chi connectivity index (χ3v) is 6.49. The van der Waals surface area contributed by atoms with E-state index >= 15 is 0 Å². The van der Waals surface area contributed by atoms with Gasteiger partial charge in [0.05, 0.1) is 18.4 Å². The molecule has 0 fully saturated rings. The molecule has 5 nitrogen and oxygen atoms in total. The van der Waals surface area contributed by atoms with Crippen LogP contribution in [0.25, 0.3) is 5.57 Å². The van der Waals surface area contributed by atoms with Gasteiger partial charge in [0.1, 0.15) is 11.4 Å². The normalized spacial score (nSPS) is 15.8. The monoisotopic (exact) mass is 438 g/mol. The summed E-state index contributed by atoms with van der Waals surface area (Å²) >= 11 is 0. The number of benzene rings is 3. The number of carbonyl (C=O) groups excluding carboxylic acids is 2. The molecule has 2 amide bonds. The fraction of sp³-hybridized carbons (Fsp3) is 0.214. The average molecular weight is 439 g/mol. The van der Waals surface area contributed by atoms with E-state index in [4.69, 9.17) is 4.74 Å². The van der Waals surface area contributed by atoms with Crippen LogP contribution in [0.5, 0.6) is 5.75 Å². The topological polar surface area (TPSA) is 49.9 Å². The Kier molecular flexibility index (Phi) is 5.25. The number of methoxy groups -OCH3 is 1. The Labute approximate surface area is 193 Å². The minimum atomic E-state index is -0.285. The number of carbonyl (C=O) groups is 2. The van der Waals surface area contributed by atoms with E-state index in [1.165, 1.54) is 16.0 Å². The van der Waals surface area contributed by atoms with Crippen LogP contribution in [0, 0.1) is 13.8 Å². The van der Waals surface area contributed by atoms with Gasteiger partial charge in [-0.1, -0.05) is 48.5 Å². The number of aryl methyl sites for hydroxylation is 2. The smallest absolute Gasteiger partial charge is 0.282 e. The zero-order valence-corrected chi connectivity index (χ0v) is 19.1. The van der Waals surface area contributed by atoms with Crippen molar-refractivity contribution in [3.05, 3.63) is 100 Å². The first-order chi connectivity index (χ1) is 16.0. The van der Waals surface area contributed by atoms with Crippen molar-refractivity contribution in [1.82, 2.24) is 4.90 Å². The average Bonchev–Trinajstić information content (AvgIpc) is 3.10. The molecule has 2 aliphatic heterocycles. The van der Waals surface area contributed by atoms with Crippen LogP contribution in [0.2, 0.25) is 0 Å². The fourth-order valence-corrected chi connectivity index (χ4v) is 4.70. The molecule has 3 aromatic rings. The molecule has 0 unspecified atom stereocenters. The number of amides is 2. The van der Waals surface area contributed by atoms with Crippen molar-refractivity contribution >= 4 is 23.1 Å². The summed E-state index contributed by atoms with van der Waals surface area (Å²) in [5, 5.41) is 0. The Morgan fingerprint density at radius 1 is 0.848 bits per heavy atom. The van der Waals surface area contributed by atoms with Crippen LogP contribution >= 0.6 is 0 Å². The van der Waals surface area contributed by atoms with Crippen molar-refractivity contribution < 1.29 is 14.3 Å². The van der Waals surface area contributed by atoms with Crippen molar-refractivity contribution in [2.24, 2.45) is 0 Å². The number of ether oxygens (including phenoxy) is 1. The molecule has 166 valence electrons. The van der Waals surface area contributed by atoms with Crippen molar-refractivity contribution in [2.45, 2.75) is 26.8 Å². The van der Waals surface area contributed by atoms with Crippen molar-refractivity contribution in [2.75, 3.05) is 18.6 Å². The Bertz CT molecular complexity index is 1290. The highest BCUT2D eigenvalue weighted by atomic mass is 16.5. The minimum absolute atomic E-state index is 0.265. The van der Waals surface area contributed by atoms with Gasteiger partial charge in [-0.25, -0.2) is 4.90 Å². The van der Waals surface area contributed by atoms with Gasteiger partial charge < -0.3 is 9.64 Å². The van der Waals surface area contributed by atoms with Crippen LogP contribution in [0.1, 0.15) is 27.8 Å². The van der Waals surface area contributed by atoms with E-state index in [2.05, 4.69) is 17.0 Å². The van der Waals surface area contributed by atoms with Crippen LogP contribution in [-0.2, 0) is 22.6 Å². The molecule has 0 aromatic heterocycles. The number of hydrogen-bond donors (Lipinski definition) is 0. The Balaban J connectivity index is 1.63. The van der Waals surface area contributed by atoms with Crippen LogP contribution in [-0.4, -0.2) is 30.4 Å². The Hall–Kier alpha value is -3.86. The van der Waals surface area contributed by atoms with Gasteiger partial charge >= 0.3 is 0 Å². The highest BCUT2D eigenvalue weighted by Gasteiger charge is 2.43. The van der Waals surface area contributed by atoms with E-state index in [0.29, 0.717) is 35.8 Å². The summed E-state index contributed by atoms with van der Waals surface area (Å²) in [5.41, 5.74) is 6.66. The first-order valence-corrected chi connectivity index (χ1v) is 11.1. The zero-order valence-electron chi connectivity index (χ0n) is 19.1. The summed E-state index contributed by atoms with van der Waals surface area (Å²) < 4.78 is 5.29. The quantitative estimate of drug-likeness (QED) is 0.556. The predicted octanol–water partition coefficient (Wildman–Crippen LogP) is 4.65. The van der Waals surface area contributed by atoms with Gasteiger partial charge in [-0.05, 0) is 66.3 Å². The molecule has 0 saturated carbocycles. The van der Waals surface area contributed by atoms with Gasteiger partial charge in [-0.3, -0.25) is 9.59 Å². The molecule has 0 N–H and O–H groups in total. The third-order valence-electron chi connectivity index (χ3n) is 6.49. The molecule has 0 aliphatic carbocycles. The second-order valence-electron chi connectivity index (χ2n) is 8.63. The number of fused-ring (bicyclic) bond motifs is 1. The molecule has 3 aromatic carbocycles. The van der Waals surface area contributed by atoms with Crippen molar-refractivity contribution in [1.29, 1.82) is 0 Å². The molecule has 5 rings (SSSR count). The third kappa shape index (κ3) is 3.59. The number of anilines is 1. The van der Waals surface area contributed by atoms with E-state index in [9.17, 15) is 9.59 Å². The summed E-state index contributed by atoms with van der Waals surface area (Å²) in [4.78, 5) is 31.1. The number of nitrogens with zero attached hydrogens (tertiary/aromatic N) is 2. The van der Waals surface area contributed by atoms with Crippen molar-refractivity contribution in [3.8, 4) is 5.75 Å². The van der Waals surface area contributed by atoms with E-state index in [1.54, 1.807) is 7.11 Å². The molecule has 5 heteroatoms. The molecule has 2 aliphatic rings. The van der Waals surface area contributed by atoms with Crippen LogP contribution in [0.15, 0.2) is 72.4 Å². The summed E-state index contributed by atoms with van der Waals surface area (Å²) in [6.45, 7) is 5.18. The maximum atomic E-state index is 13.9. The van der Waals surface area contributed by atoms with Crippen LogP contribution in [0.4, 0.5) is 5.69 Å². The first-order valence-electron chi connectivity index (χ1n) is 11.1. The summed E-state index contributed by atoms with van der Waals surface area (Å²) in [6.07, 6.45) is 0.834. The number of imide groups is 1. The van der Waals surface area contributed by atoms with Gasteiger partial charge in [-0.15, -0.1) is 0 Å². The molecule has 2 heterocycles. The molecular formula is C28H26N2O3. The molecule has 0 atom stereocenters. The van der Waals surface area contributed by atoms with Gasteiger partial charge in [-0.2, -0.15) is 0 Å². The largest absolute Gasteiger partial charge is 0.497 e. The second-order valence-corrected chi connectivity index (χ2v) is 8.63. The minimum Gasteiger partial charge on any atom is -0.497 e. The molecule has 0 radical (unpaired) electrons. The summed E-state index contributed by atoms with van der Waals surface area (Å²) in [5.74, 6) is 0.155. The van der Waals surface area contributed by atoms with Gasteiger partial charge in [0.25, 0.3) is 11.8 Å². The maximum absolute atomic E-state index is 13.9.